The molecule has 9 nitrogen and oxygen atoms in total. The summed E-state index contributed by atoms with van der Waals surface area (Å²) in [6.07, 6.45) is 2.88. The summed E-state index contributed by atoms with van der Waals surface area (Å²) in [5.74, 6) is -0.279. The van der Waals surface area contributed by atoms with E-state index in [0.29, 0.717) is 31.1 Å². The van der Waals surface area contributed by atoms with E-state index in [0.717, 1.165) is 35.0 Å². The van der Waals surface area contributed by atoms with Crippen molar-refractivity contribution < 1.29 is 14.6 Å². The van der Waals surface area contributed by atoms with Gasteiger partial charge in [0.15, 0.2) is 0 Å². The number of hydrogen-bond donors (Lipinski definition) is 1. The molecule has 0 saturated carbocycles. The summed E-state index contributed by atoms with van der Waals surface area (Å²) in [6.45, 7) is 1.74. The molecule has 5 rings (SSSR count). The summed E-state index contributed by atoms with van der Waals surface area (Å²) in [4.78, 5) is 44.6. The smallest absolute Gasteiger partial charge is 0.355 e. The van der Waals surface area contributed by atoms with Gasteiger partial charge in [-0.25, -0.2) is 23.5 Å². The van der Waals surface area contributed by atoms with E-state index in [1.807, 2.05) is 35.2 Å². The Kier molecular flexibility index (Phi) is 7.79. The van der Waals surface area contributed by atoms with Gasteiger partial charge in [0, 0.05) is 13.1 Å². The molecule has 0 bridgehead atoms. The Morgan fingerprint density at radius 2 is 1.64 bits per heavy atom. The van der Waals surface area contributed by atoms with Crippen molar-refractivity contribution in [3.8, 4) is 11.4 Å². The summed E-state index contributed by atoms with van der Waals surface area (Å²) < 4.78 is 8.23. The number of ether oxygens (including phenoxy) is 1. The van der Waals surface area contributed by atoms with E-state index in [9.17, 15) is 19.5 Å². The number of piperidine rings is 1. The van der Waals surface area contributed by atoms with Gasteiger partial charge in [-0.15, -0.1) is 0 Å². The Morgan fingerprint density at radius 1 is 0.923 bits per heavy atom. The van der Waals surface area contributed by atoms with Gasteiger partial charge in [-0.05, 0) is 60.7 Å². The standard InChI is InChI=1S/C29H27ClN4O5/c30-25-17-22(11-14-24(25)26(35)36)34-27(32-15-5-2-6-16-32)31-28(37)33(29(34)38)18-20-9-12-23(13-10-20)39-19-21-7-3-1-4-8-21/h1,3-4,7-14,17H,2,5-6,15-16,18-19H2,(H,35,36). The predicted molar refractivity (Wildman–Crippen MR) is 148 cm³/mol. The van der Waals surface area contributed by atoms with Gasteiger partial charge in [0.05, 0.1) is 22.8 Å². The highest BCUT2D eigenvalue weighted by Gasteiger charge is 2.22. The fraction of sp³-hybridized carbons (Fsp3) is 0.241. The number of carboxylic acids is 1. The first kappa shape index (κ1) is 26.2. The van der Waals surface area contributed by atoms with E-state index in [1.165, 1.54) is 22.8 Å². The van der Waals surface area contributed by atoms with Gasteiger partial charge in [-0.1, -0.05) is 54.1 Å². The van der Waals surface area contributed by atoms with Crippen molar-refractivity contribution in [1.29, 1.82) is 0 Å². The number of hydrogen-bond acceptors (Lipinski definition) is 6. The number of anilines is 1. The molecule has 1 N–H and O–H groups in total. The maximum absolute atomic E-state index is 13.8. The summed E-state index contributed by atoms with van der Waals surface area (Å²) in [5, 5.41) is 9.35. The summed E-state index contributed by atoms with van der Waals surface area (Å²) >= 11 is 6.23. The Morgan fingerprint density at radius 3 is 2.31 bits per heavy atom. The van der Waals surface area contributed by atoms with E-state index in [2.05, 4.69) is 4.98 Å². The van der Waals surface area contributed by atoms with E-state index >= 15 is 0 Å². The van der Waals surface area contributed by atoms with Gasteiger partial charge < -0.3 is 14.7 Å². The Bertz CT molecular complexity index is 1590. The second-order valence-corrected chi connectivity index (χ2v) is 9.74. The zero-order chi connectivity index (χ0) is 27.4. The normalized spacial score (nSPS) is 13.3. The zero-order valence-corrected chi connectivity index (χ0v) is 21.9. The topological polar surface area (TPSA) is 107 Å². The van der Waals surface area contributed by atoms with Crippen molar-refractivity contribution in [3.05, 3.63) is 115 Å². The predicted octanol–water partition coefficient (Wildman–Crippen LogP) is 4.36. The van der Waals surface area contributed by atoms with Crippen LogP contribution < -0.4 is 21.0 Å². The lowest BCUT2D eigenvalue weighted by Gasteiger charge is -2.29. The maximum Gasteiger partial charge on any atom is 0.355 e. The SMILES string of the molecule is O=C(O)c1ccc(-n2c(N3CCCCC3)nc(=O)n(Cc3ccc(OCc4ccccc4)cc3)c2=O)cc1Cl. The zero-order valence-electron chi connectivity index (χ0n) is 21.1. The molecule has 1 aromatic heterocycles. The third kappa shape index (κ3) is 5.88. The minimum atomic E-state index is -1.17. The molecular weight excluding hydrogens is 520 g/mol. The Labute approximate surface area is 229 Å². The van der Waals surface area contributed by atoms with Crippen molar-refractivity contribution in [2.24, 2.45) is 0 Å². The van der Waals surface area contributed by atoms with Crippen molar-refractivity contribution in [3.63, 3.8) is 0 Å². The molecule has 1 aliphatic rings. The van der Waals surface area contributed by atoms with E-state index in [4.69, 9.17) is 16.3 Å². The molecule has 0 unspecified atom stereocenters. The Hall–Kier alpha value is -4.37. The number of nitrogens with zero attached hydrogens (tertiary/aromatic N) is 4. The number of rotatable bonds is 8. The van der Waals surface area contributed by atoms with Crippen LogP contribution in [0.4, 0.5) is 5.95 Å². The maximum atomic E-state index is 13.8. The van der Waals surface area contributed by atoms with Crippen LogP contribution in [0.5, 0.6) is 5.75 Å². The third-order valence-corrected chi connectivity index (χ3v) is 6.95. The van der Waals surface area contributed by atoms with E-state index < -0.39 is 17.3 Å². The number of carbonyl (C=O) groups is 1. The van der Waals surface area contributed by atoms with Crippen LogP contribution in [0.2, 0.25) is 5.02 Å². The highest BCUT2D eigenvalue weighted by Crippen LogP contribution is 2.24. The average Bonchev–Trinajstić information content (AvgIpc) is 2.95. The molecule has 39 heavy (non-hydrogen) atoms. The average molecular weight is 547 g/mol. The summed E-state index contributed by atoms with van der Waals surface area (Å²) in [6, 6.07) is 21.2. The van der Waals surface area contributed by atoms with Crippen LogP contribution in [0.3, 0.4) is 0 Å². The van der Waals surface area contributed by atoms with Gasteiger partial charge >= 0.3 is 17.3 Å². The van der Waals surface area contributed by atoms with Crippen LogP contribution in [0.25, 0.3) is 5.69 Å². The number of benzene rings is 3. The van der Waals surface area contributed by atoms with Crippen molar-refractivity contribution in [2.75, 3.05) is 18.0 Å². The molecule has 200 valence electrons. The molecule has 0 spiro atoms. The Balaban J connectivity index is 1.48. The molecule has 1 saturated heterocycles. The van der Waals surface area contributed by atoms with Gasteiger partial charge in [-0.3, -0.25) is 0 Å². The van der Waals surface area contributed by atoms with Crippen molar-refractivity contribution in [1.82, 2.24) is 14.1 Å². The summed E-state index contributed by atoms with van der Waals surface area (Å²) in [7, 11) is 0. The van der Waals surface area contributed by atoms with Crippen molar-refractivity contribution >= 4 is 23.5 Å². The fourth-order valence-corrected chi connectivity index (χ4v) is 4.84. The highest BCUT2D eigenvalue weighted by atomic mass is 35.5. The molecular formula is C29H27ClN4O5. The van der Waals surface area contributed by atoms with Crippen LogP contribution in [0.15, 0.2) is 82.4 Å². The second kappa shape index (κ2) is 11.6. The first-order valence-electron chi connectivity index (χ1n) is 12.7. The molecule has 2 heterocycles. The molecule has 0 radical (unpaired) electrons. The van der Waals surface area contributed by atoms with Crippen LogP contribution in [0.1, 0.15) is 40.7 Å². The van der Waals surface area contributed by atoms with Gasteiger partial charge in [0.2, 0.25) is 5.95 Å². The van der Waals surface area contributed by atoms with Gasteiger partial charge in [-0.2, -0.15) is 4.98 Å². The summed E-state index contributed by atoms with van der Waals surface area (Å²) in [5.41, 5.74) is 0.781. The minimum absolute atomic E-state index is 0.00482. The van der Waals surface area contributed by atoms with E-state index in [1.54, 1.807) is 24.3 Å². The lowest BCUT2D eigenvalue weighted by Crippen LogP contribution is -2.45. The number of aromatic carboxylic acids is 1. The number of aromatic nitrogens is 3. The minimum Gasteiger partial charge on any atom is -0.489 e. The molecule has 0 amide bonds. The fourth-order valence-electron chi connectivity index (χ4n) is 4.58. The van der Waals surface area contributed by atoms with Gasteiger partial charge in [0.25, 0.3) is 0 Å². The van der Waals surface area contributed by atoms with Gasteiger partial charge in [0.1, 0.15) is 12.4 Å². The molecule has 0 aliphatic carbocycles. The van der Waals surface area contributed by atoms with Crippen LogP contribution in [0, 0.1) is 0 Å². The molecule has 3 aromatic carbocycles. The lowest BCUT2D eigenvalue weighted by atomic mass is 10.1. The number of carboxylic acid groups (broad SMARTS) is 1. The second-order valence-electron chi connectivity index (χ2n) is 9.33. The van der Waals surface area contributed by atoms with Crippen LogP contribution in [-0.4, -0.2) is 38.3 Å². The third-order valence-electron chi connectivity index (χ3n) is 6.64. The van der Waals surface area contributed by atoms with Crippen molar-refractivity contribution in [2.45, 2.75) is 32.4 Å². The quantitative estimate of drug-likeness (QED) is 0.350. The van der Waals surface area contributed by atoms with E-state index in [-0.39, 0.29) is 23.1 Å². The first-order chi connectivity index (χ1) is 18.9. The molecule has 10 heteroatoms. The lowest BCUT2D eigenvalue weighted by molar-refractivity contribution is 0.0697. The molecule has 1 aliphatic heterocycles. The number of halogens is 1. The molecule has 1 fully saturated rings. The molecule has 0 atom stereocenters. The van der Waals surface area contributed by atoms with Crippen LogP contribution >= 0.6 is 11.6 Å². The first-order valence-corrected chi connectivity index (χ1v) is 13.1. The van der Waals surface area contributed by atoms with Crippen LogP contribution in [-0.2, 0) is 13.2 Å². The largest absolute Gasteiger partial charge is 0.489 e. The monoisotopic (exact) mass is 546 g/mol. The molecule has 4 aromatic rings. The highest BCUT2D eigenvalue weighted by molar-refractivity contribution is 6.33.